The lowest BCUT2D eigenvalue weighted by Gasteiger charge is -2.27. The van der Waals surface area contributed by atoms with Gasteiger partial charge in [-0.3, -0.25) is 0 Å². The van der Waals surface area contributed by atoms with Crippen LogP contribution in [0.15, 0.2) is 103 Å². The molecule has 11 nitrogen and oxygen atoms in total. The summed E-state index contributed by atoms with van der Waals surface area (Å²) in [5, 5.41) is 2.42. The molecule has 56 heavy (non-hydrogen) atoms. The topological polar surface area (TPSA) is 125 Å². The van der Waals surface area contributed by atoms with Crippen molar-refractivity contribution in [3.63, 3.8) is 0 Å². The molecule has 1 unspecified atom stereocenters. The van der Waals surface area contributed by atoms with E-state index in [-0.39, 0.29) is 24.0 Å². The van der Waals surface area contributed by atoms with Crippen LogP contribution in [0, 0.1) is 0 Å². The summed E-state index contributed by atoms with van der Waals surface area (Å²) in [7, 11) is 2.67. The molecule has 0 spiro atoms. The standard InChI is InChI=1S/C23H23NO5S.C20H17NO4S/c1-14(2)27-17-6-4-5-15(11-17)19-9-7-16-12-18(8-10-20(16)29-19)28-23-24-13-21(30-23)22(25)26-3;1-23-19(22)16-12-26-20(21-16)24-15-8-10-18-14(11-15)7-9-17(25-18)13-5-3-2-4-6-13/h4-6,8,10-14,19H,7,9H2,1-3H3;2-6,8,10-12,17H,7,9H2,1H3/t;17-/m.0/s1. The second-order valence-corrected chi connectivity index (χ2v) is 15.0. The highest BCUT2D eigenvalue weighted by Gasteiger charge is 2.24. The van der Waals surface area contributed by atoms with E-state index in [1.54, 1.807) is 5.38 Å². The number of nitrogens with zero attached hydrogens (tertiary/aromatic N) is 2. The Morgan fingerprint density at radius 1 is 0.714 bits per heavy atom. The first-order valence-corrected chi connectivity index (χ1v) is 19.8. The first-order valence-electron chi connectivity index (χ1n) is 18.1. The van der Waals surface area contributed by atoms with Gasteiger partial charge in [-0.15, -0.1) is 0 Å². The Balaban J connectivity index is 0.000000173. The molecule has 0 radical (unpaired) electrons. The minimum Gasteiger partial charge on any atom is -0.491 e. The van der Waals surface area contributed by atoms with Gasteiger partial charge in [-0.1, -0.05) is 65.1 Å². The van der Waals surface area contributed by atoms with Crippen LogP contribution in [-0.4, -0.2) is 42.2 Å². The molecule has 0 fully saturated rings. The Labute approximate surface area is 332 Å². The van der Waals surface area contributed by atoms with Crippen LogP contribution in [0.4, 0.5) is 0 Å². The van der Waals surface area contributed by atoms with Crippen molar-refractivity contribution >= 4 is 34.6 Å². The van der Waals surface area contributed by atoms with E-state index in [4.69, 9.17) is 28.4 Å². The van der Waals surface area contributed by atoms with Crippen LogP contribution in [0.2, 0.25) is 0 Å². The molecule has 288 valence electrons. The minimum absolute atomic E-state index is 0.0124. The van der Waals surface area contributed by atoms with Crippen LogP contribution in [0.1, 0.15) is 81.3 Å². The predicted octanol–water partition coefficient (Wildman–Crippen LogP) is 10.4. The van der Waals surface area contributed by atoms with Gasteiger partial charge in [-0.25, -0.2) is 14.6 Å². The number of benzene rings is 4. The fourth-order valence-corrected chi connectivity index (χ4v) is 7.62. The lowest BCUT2D eigenvalue weighted by molar-refractivity contribution is 0.0589. The number of carbonyl (C=O) groups excluding carboxylic acids is 2. The van der Waals surface area contributed by atoms with Gasteiger partial charge < -0.3 is 33.2 Å². The number of aryl methyl sites for hydroxylation is 2. The molecule has 2 aliphatic rings. The zero-order valence-electron chi connectivity index (χ0n) is 31.3. The summed E-state index contributed by atoms with van der Waals surface area (Å²) in [6.07, 6.45) is 5.23. The largest absolute Gasteiger partial charge is 0.491 e. The summed E-state index contributed by atoms with van der Waals surface area (Å²) < 4.78 is 39.1. The maximum absolute atomic E-state index is 11.6. The quantitative estimate of drug-likeness (QED) is 0.123. The molecule has 0 aliphatic carbocycles. The van der Waals surface area contributed by atoms with Crippen molar-refractivity contribution in [3.8, 4) is 39.1 Å². The zero-order valence-corrected chi connectivity index (χ0v) is 32.9. The van der Waals surface area contributed by atoms with E-state index in [9.17, 15) is 9.59 Å². The first kappa shape index (κ1) is 38.4. The van der Waals surface area contributed by atoms with Gasteiger partial charge in [0.05, 0.1) is 26.5 Å². The van der Waals surface area contributed by atoms with Gasteiger partial charge in [-0.05, 0) is 110 Å². The Hall–Kier alpha value is -5.92. The van der Waals surface area contributed by atoms with E-state index in [1.165, 1.54) is 37.3 Å². The summed E-state index contributed by atoms with van der Waals surface area (Å²) >= 11 is 2.41. The highest BCUT2D eigenvalue weighted by Crippen LogP contribution is 2.40. The summed E-state index contributed by atoms with van der Waals surface area (Å²) in [4.78, 5) is 31.7. The number of ether oxygens (including phenoxy) is 7. The number of rotatable bonds is 10. The van der Waals surface area contributed by atoms with Crippen LogP contribution in [0.3, 0.4) is 0 Å². The summed E-state index contributed by atoms with van der Waals surface area (Å²) in [6, 6.07) is 29.8. The molecule has 0 amide bonds. The van der Waals surface area contributed by atoms with E-state index in [0.29, 0.717) is 26.8 Å². The Kier molecular flexibility index (Phi) is 12.1. The fraction of sp³-hybridized carbons (Fsp3) is 0.256. The van der Waals surface area contributed by atoms with Crippen molar-refractivity contribution < 1.29 is 42.7 Å². The van der Waals surface area contributed by atoms with E-state index < -0.39 is 11.9 Å². The van der Waals surface area contributed by atoms with Gasteiger partial charge in [0.25, 0.3) is 10.4 Å². The smallest absolute Gasteiger partial charge is 0.357 e. The average molecular weight is 793 g/mol. The molecule has 0 saturated heterocycles. The van der Waals surface area contributed by atoms with Gasteiger partial charge >= 0.3 is 11.9 Å². The normalized spacial score (nSPS) is 15.4. The number of hydrogen-bond acceptors (Lipinski definition) is 13. The van der Waals surface area contributed by atoms with Crippen molar-refractivity contribution in [2.45, 2.75) is 57.8 Å². The highest BCUT2D eigenvalue weighted by atomic mass is 32.1. The van der Waals surface area contributed by atoms with Crippen molar-refractivity contribution in [1.82, 2.24) is 9.97 Å². The third-order valence-corrected chi connectivity index (χ3v) is 10.5. The van der Waals surface area contributed by atoms with Crippen molar-refractivity contribution in [2.24, 2.45) is 0 Å². The Bertz CT molecular complexity index is 2290. The molecule has 2 aliphatic heterocycles. The van der Waals surface area contributed by atoms with E-state index in [1.807, 2.05) is 80.6 Å². The third kappa shape index (κ3) is 9.47. The molecule has 2 atom stereocenters. The maximum Gasteiger partial charge on any atom is 0.357 e. The number of aromatic nitrogens is 2. The molecule has 6 aromatic rings. The van der Waals surface area contributed by atoms with Crippen molar-refractivity contribution in [3.05, 3.63) is 135 Å². The average Bonchev–Trinajstić information content (AvgIpc) is 3.90. The second kappa shape index (κ2) is 17.7. The van der Waals surface area contributed by atoms with Gasteiger partial charge in [0.1, 0.15) is 45.8 Å². The van der Waals surface area contributed by atoms with Gasteiger partial charge in [0, 0.05) is 5.38 Å². The van der Waals surface area contributed by atoms with Crippen LogP contribution < -0.4 is 23.7 Å². The van der Waals surface area contributed by atoms with Crippen LogP contribution in [-0.2, 0) is 22.3 Å². The number of methoxy groups -OCH3 is 2. The Morgan fingerprint density at radius 2 is 1.34 bits per heavy atom. The van der Waals surface area contributed by atoms with E-state index >= 15 is 0 Å². The monoisotopic (exact) mass is 792 g/mol. The van der Waals surface area contributed by atoms with Gasteiger partial charge in [-0.2, -0.15) is 4.98 Å². The first-order chi connectivity index (χ1) is 27.2. The van der Waals surface area contributed by atoms with Gasteiger partial charge in [0.2, 0.25) is 0 Å². The number of esters is 2. The second-order valence-electron chi connectivity index (χ2n) is 13.2. The minimum atomic E-state index is -0.470. The molecular formula is C43H40N2O9S2. The zero-order chi connectivity index (χ0) is 39.0. The number of hydrogen-bond donors (Lipinski definition) is 0. The van der Waals surface area contributed by atoms with Crippen LogP contribution in [0.5, 0.6) is 39.1 Å². The lowest BCUT2D eigenvalue weighted by Crippen LogP contribution is -2.15. The number of fused-ring (bicyclic) bond motifs is 2. The molecule has 0 N–H and O–H groups in total. The van der Waals surface area contributed by atoms with Crippen molar-refractivity contribution in [2.75, 3.05) is 14.2 Å². The maximum atomic E-state index is 11.6. The predicted molar refractivity (Wildman–Crippen MR) is 212 cm³/mol. The lowest BCUT2D eigenvalue weighted by atomic mass is 9.97. The molecule has 8 rings (SSSR count). The van der Waals surface area contributed by atoms with Crippen molar-refractivity contribution in [1.29, 1.82) is 0 Å². The fourth-order valence-electron chi connectivity index (χ4n) is 6.26. The van der Waals surface area contributed by atoms with E-state index in [0.717, 1.165) is 71.0 Å². The number of carbonyl (C=O) groups is 2. The van der Waals surface area contributed by atoms with Gasteiger partial charge in [0.15, 0.2) is 5.69 Å². The molecule has 13 heteroatoms. The highest BCUT2D eigenvalue weighted by molar-refractivity contribution is 7.15. The van der Waals surface area contributed by atoms with Crippen LogP contribution in [0.25, 0.3) is 0 Å². The van der Waals surface area contributed by atoms with E-state index in [2.05, 4.69) is 39.0 Å². The molecule has 2 aromatic heterocycles. The summed E-state index contributed by atoms with van der Waals surface area (Å²) in [5.74, 6) is 3.03. The summed E-state index contributed by atoms with van der Waals surface area (Å²) in [5.41, 5.74) is 4.75. The molecular weight excluding hydrogens is 753 g/mol. The molecule has 4 heterocycles. The SMILES string of the molecule is COC(=O)c1cnc(Oc2ccc3c(c2)CCC(c2cccc(OC(C)C)c2)O3)s1.COC(=O)c1csc(Oc2ccc3c(c2)CC[C@@H](c2ccccc2)O3)n1. The molecule has 0 bridgehead atoms. The number of thiazole rings is 2. The summed E-state index contributed by atoms with van der Waals surface area (Å²) in [6.45, 7) is 4.03. The molecule has 4 aromatic carbocycles. The van der Waals surface area contributed by atoms with Crippen LogP contribution >= 0.6 is 22.7 Å². The molecule has 0 saturated carbocycles. The Morgan fingerprint density at radius 3 is 1.98 bits per heavy atom. The third-order valence-electron chi connectivity index (χ3n) is 8.89.